The second-order valence-corrected chi connectivity index (χ2v) is 9.00. The second-order valence-electron chi connectivity index (χ2n) is 9.00. The number of rotatable bonds is 4. The number of aliphatic imine (C=N–C) groups is 2. The van der Waals surface area contributed by atoms with E-state index in [1.54, 1.807) is 18.2 Å². The summed E-state index contributed by atoms with van der Waals surface area (Å²) in [5, 5.41) is 7.42. The molecule has 5 rings (SSSR count). The molecule has 0 fully saturated rings. The predicted octanol–water partition coefficient (Wildman–Crippen LogP) is 4.36. The van der Waals surface area contributed by atoms with Crippen LogP contribution in [0.4, 0.5) is 17.6 Å². The highest BCUT2D eigenvalue weighted by Gasteiger charge is 2.53. The lowest BCUT2D eigenvalue weighted by Gasteiger charge is -2.35. The van der Waals surface area contributed by atoms with Gasteiger partial charge in [-0.15, -0.1) is 0 Å². The number of hydrogen-bond donors (Lipinski definition) is 2. The van der Waals surface area contributed by atoms with Gasteiger partial charge in [0.2, 0.25) is 5.95 Å². The van der Waals surface area contributed by atoms with E-state index in [1.165, 1.54) is 48.5 Å². The molecule has 2 aromatic carbocycles. The number of aliphatic carboxylic acids is 1. The van der Waals surface area contributed by atoms with E-state index in [-0.39, 0.29) is 22.9 Å². The zero-order valence-corrected chi connectivity index (χ0v) is 21.3. The highest BCUT2D eigenvalue weighted by atomic mass is 19.3. The number of fused-ring (bicyclic) bond motifs is 1. The van der Waals surface area contributed by atoms with Crippen LogP contribution in [0, 0.1) is 18.7 Å². The molecule has 1 aromatic heterocycles. The molecule has 0 saturated heterocycles. The Morgan fingerprint density at radius 2 is 1.77 bits per heavy atom. The number of benzene rings is 2. The minimum atomic E-state index is -3.09. The van der Waals surface area contributed by atoms with Crippen molar-refractivity contribution in [3.8, 4) is 16.9 Å². The lowest BCUT2D eigenvalue weighted by atomic mass is 9.80. The van der Waals surface area contributed by atoms with Gasteiger partial charge in [0.15, 0.2) is 11.5 Å². The first-order valence-corrected chi connectivity index (χ1v) is 11.7. The first-order chi connectivity index (χ1) is 18.4. The number of ether oxygens (including phenoxy) is 1. The molecule has 0 aliphatic carbocycles. The second kappa shape index (κ2) is 10.4. The van der Waals surface area contributed by atoms with Crippen molar-refractivity contribution in [3.63, 3.8) is 0 Å². The van der Waals surface area contributed by atoms with Crippen LogP contribution in [0.5, 0.6) is 5.75 Å². The maximum Gasteiger partial charge on any atom is 0.300 e. The Hall–Kier alpha value is -4.48. The van der Waals surface area contributed by atoms with Gasteiger partial charge in [-0.05, 0) is 60.0 Å². The molecule has 0 saturated carbocycles. The first kappa shape index (κ1) is 27.6. The van der Waals surface area contributed by atoms with Crippen molar-refractivity contribution in [1.82, 2.24) is 9.88 Å². The molecule has 2 aliphatic rings. The molecule has 1 unspecified atom stereocenters. The zero-order valence-electron chi connectivity index (χ0n) is 21.3. The maximum atomic E-state index is 14.9. The normalized spacial score (nSPS) is 19.3. The van der Waals surface area contributed by atoms with E-state index >= 15 is 0 Å². The van der Waals surface area contributed by atoms with E-state index in [0.29, 0.717) is 16.9 Å². The van der Waals surface area contributed by atoms with Crippen LogP contribution in [-0.4, -0.2) is 58.9 Å². The number of guanidine groups is 1. The molecule has 204 valence electrons. The first-order valence-electron chi connectivity index (χ1n) is 11.7. The van der Waals surface area contributed by atoms with Crippen molar-refractivity contribution in [2.24, 2.45) is 15.7 Å². The molecule has 8 nitrogen and oxygen atoms in total. The highest BCUT2D eigenvalue weighted by molar-refractivity contribution is 6.12. The third kappa shape index (κ3) is 5.14. The number of methoxy groups -OCH3 is 1. The molecule has 3 heterocycles. The number of hydrogen-bond acceptors (Lipinski definition) is 7. The van der Waals surface area contributed by atoms with Crippen molar-refractivity contribution >= 4 is 17.8 Å². The Balaban J connectivity index is 0.000000826. The van der Waals surface area contributed by atoms with Gasteiger partial charge in [-0.2, -0.15) is 4.39 Å². The third-order valence-corrected chi connectivity index (χ3v) is 6.23. The predicted molar refractivity (Wildman–Crippen MR) is 137 cm³/mol. The molecule has 0 radical (unpaired) electrons. The third-order valence-electron chi connectivity index (χ3n) is 6.23. The van der Waals surface area contributed by atoms with Gasteiger partial charge < -0.3 is 15.6 Å². The molecule has 12 heteroatoms. The Morgan fingerprint density at radius 3 is 2.41 bits per heavy atom. The molecule has 0 amide bonds. The maximum absolute atomic E-state index is 14.9. The minimum absolute atomic E-state index is 0.0446. The molecule has 0 bridgehead atoms. The molecule has 39 heavy (non-hydrogen) atoms. The standard InChI is InChI=1S/C25H21F4N5O.C2H4O2/c1-14-10-15(6-8-20(14)35-2)25(22-32-12-24(28,29)13-34(22)23(30)33-25)16-5-7-19(26)18(11-16)17-4-3-9-31-21(17)27;1-2(3)4/h3-11H,12-13H2,1-2H3,(H2,30,33);1H3,(H,3,4). The molecule has 1 atom stereocenters. The monoisotopic (exact) mass is 543 g/mol. The Labute approximate surface area is 221 Å². The van der Waals surface area contributed by atoms with Gasteiger partial charge in [0, 0.05) is 24.2 Å². The fourth-order valence-electron chi connectivity index (χ4n) is 4.61. The van der Waals surface area contributed by atoms with E-state index in [0.717, 1.165) is 12.5 Å². The zero-order chi connectivity index (χ0) is 28.5. The fourth-order valence-corrected chi connectivity index (χ4v) is 4.61. The number of aryl methyl sites for hydroxylation is 1. The number of nitrogens with zero attached hydrogens (tertiary/aromatic N) is 4. The molecule has 0 spiro atoms. The number of carboxylic acids is 1. The summed E-state index contributed by atoms with van der Waals surface area (Å²) in [7, 11) is 1.53. The number of pyridine rings is 1. The number of aromatic nitrogens is 1. The van der Waals surface area contributed by atoms with Crippen LogP contribution >= 0.6 is 0 Å². The summed E-state index contributed by atoms with van der Waals surface area (Å²) in [4.78, 5) is 22.6. The van der Waals surface area contributed by atoms with Crippen molar-refractivity contribution in [2.75, 3.05) is 20.2 Å². The Kier molecular flexibility index (Phi) is 7.31. The van der Waals surface area contributed by atoms with Gasteiger partial charge >= 0.3 is 0 Å². The summed E-state index contributed by atoms with van der Waals surface area (Å²) in [6, 6.07) is 12.2. The summed E-state index contributed by atoms with van der Waals surface area (Å²) in [6.45, 7) is 1.47. The van der Waals surface area contributed by atoms with Crippen LogP contribution in [0.2, 0.25) is 0 Å². The molecular weight excluding hydrogens is 518 g/mol. The van der Waals surface area contributed by atoms with Gasteiger partial charge in [-0.1, -0.05) is 12.1 Å². The average molecular weight is 544 g/mol. The topological polar surface area (TPSA) is 113 Å². The van der Waals surface area contributed by atoms with Crippen molar-refractivity contribution in [3.05, 3.63) is 83.2 Å². The van der Waals surface area contributed by atoms with E-state index in [4.69, 9.17) is 20.4 Å². The van der Waals surface area contributed by atoms with Crippen LogP contribution in [0.15, 0.2) is 64.7 Å². The van der Waals surface area contributed by atoms with Crippen molar-refractivity contribution < 1.29 is 32.2 Å². The molecule has 3 N–H and O–H groups in total. The summed E-state index contributed by atoms with van der Waals surface area (Å²) < 4.78 is 63.2. The number of alkyl halides is 2. The van der Waals surface area contributed by atoms with Crippen LogP contribution in [0.25, 0.3) is 11.1 Å². The summed E-state index contributed by atoms with van der Waals surface area (Å²) in [5.41, 5.74) is 6.31. The van der Waals surface area contributed by atoms with Gasteiger partial charge in [-0.25, -0.2) is 23.1 Å². The largest absolute Gasteiger partial charge is 0.496 e. The molecule has 2 aliphatic heterocycles. The van der Waals surface area contributed by atoms with Gasteiger partial charge in [0.05, 0.1) is 13.7 Å². The lowest BCUT2D eigenvalue weighted by Crippen LogP contribution is -2.53. The van der Waals surface area contributed by atoms with Crippen LogP contribution in [0.1, 0.15) is 23.6 Å². The number of halogens is 4. The van der Waals surface area contributed by atoms with E-state index in [1.807, 2.05) is 6.92 Å². The molecular formula is C27H25F4N5O3. The average Bonchev–Trinajstić information content (AvgIpc) is 3.16. The quantitative estimate of drug-likeness (QED) is 0.374. The van der Waals surface area contributed by atoms with E-state index in [9.17, 15) is 17.6 Å². The van der Waals surface area contributed by atoms with Crippen LogP contribution < -0.4 is 10.5 Å². The fraction of sp³-hybridized carbons (Fsp3) is 0.259. The van der Waals surface area contributed by atoms with E-state index in [2.05, 4.69) is 15.0 Å². The summed E-state index contributed by atoms with van der Waals surface area (Å²) in [6.07, 6.45) is 1.26. The minimum Gasteiger partial charge on any atom is -0.496 e. The number of carbonyl (C=O) groups is 1. The van der Waals surface area contributed by atoms with Crippen molar-refractivity contribution in [2.45, 2.75) is 25.3 Å². The van der Waals surface area contributed by atoms with Gasteiger partial charge in [0.1, 0.15) is 23.9 Å². The summed E-state index contributed by atoms with van der Waals surface area (Å²) >= 11 is 0. The smallest absolute Gasteiger partial charge is 0.300 e. The lowest BCUT2D eigenvalue weighted by molar-refractivity contribution is -0.134. The SMILES string of the molecule is CC(=O)O.COc1ccc(C2(c3ccc(F)c(-c4cccnc4F)c3)N=C(N)N3CC(F)(F)CN=C32)cc1C. The number of amidine groups is 1. The van der Waals surface area contributed by atoms with Crippen molar-refractivity contribution in [1.29, 1.82) is 0 Å². The van der Waals surface area contributed by atoms with Crippen LogP contribution in [-0.2, 0) is 10.3 Å². The number of carboxylic acid groups (broad SMARTS) is 1. The Bertz CT molecular complexity index is 1490. The van der Waals surface area contributed by atoms with Crippen LogP contribution in [0.3, 0.4) is 0 Å². The Morgan fingerprint density at radius 1 is 1.10 bits per heavy atom. The van der Waals surface area contributed by atoms with Gasteiger partial charge in [0.25, 0.3) is 11.9 Å². The number of nitrogens with two attached hydrogens (primary N) is 1. The highest BCUT2D eigenvalue weighted by Crippen LogP contribution is 2.45. The summed E-state index contributed by atoms with van der Waals surface area (Å²) in [5.74, 6) is -4.79. The van der Waals surface area contributed by atoms with Gasteiger partial charge in [-0.3, -0.25) is 14.7 Å². The van der Waals surface area contributed by atoms with E-state index < -0.39 is 42.3 Å². The molecule has 3 aromatic rings.